The first-order chi connectivity index (χ1) is 11.2. The second-order valence-electron chi connectivity index (χ2n) is 5.05. The number of rotatable bonds is 6. The molecule has 0 radical (unpaired) electrons. The van der Waals surface area contributed by atoms with Gasteiger partial charge in [0.25, 0.3) is 5.91 Å². The predicted octanol–water partition coefficient (Wildman–Crippen LogP) is 2.44. The number of ether oxygens (including phenoxy) is 1. The van der Waals surface area contributed by atoms with Gasteiger partial charge in [0.1, 0.15) is 17.4 Å². The predicted molar refractivity (Wildman–Crippen MR) is 84.7 cm³/mol. The second-order valence-corrected chi connectivity index (χ2v) is 5.05. The number of imidazole rings is 1. The number of nitrogens with one attached hydrogen (secondary N) is 2. The van der Waals surface area contributed by atoms with Gasteiger partial charge in [-0.15, -0.1) is 0 Å². The van der Waals surface area contributed by atoms with Crippen LogP contribution in [0.15, 0.2) is 48.5 Å². The van der Waals surface area contributed by atoms with Crippen LogP contribution in [0.1, 0.15) is 5.82 Å². The van der Waals surface area contributed by atoms with Gasteiger partial charge in [-0.1, -0.05) is 18.2 Å². The molecule has 1 aromatic heterocycles. The summed E-state index contributed by atoms with van der Waals surface area (Å²) < 4.78 is 18.2. The summed E-state index contributed by atoms with van der Waals surface area (Å²) >= 11 is 0. The molecule has 0 saturated heterocycles. The largest absolute Gasteiger partial charge is 0.484 e. The first kappa shape index (κ1) is 15.0. The van der Waals surface area contributed by atoms with Gasteiger partial charge in [0, 0.05) is 19.0 Å². The SMILES string of the molecule is O=C(COc1cccc(F)c1)NCCc1nc2ccccc2[nH]1. The molecule has 0 saturated carbocycles. The van der Waals surface area contributed by atoms with Gasteiger partial charge in [0.05, 0.1) is 11.0 Å². The van der Waals surface area contributed by atoms with Crippen LogP contribution < -0.4 is 10.1 Å². The lowest BCUT2D eigenvalue weighted by molar-refractivity contribution is -0.123. The highest BCUT2D eigenvalue weighted by Crippen LogP contribution is 2.12. The molecule has 1 heterocycles. The van der Waals surface area contributed by atoms with Gasteiger partial charge in [0.15, 0.2) is 6.61 Å². The van der Waals surface area contributed by atoms with E-state index < -0.39 is 5.82 Å². The highest BCUT2D eigenvalue weighted by molar-refractivity contribution is 5.77. The molecule has 0 bridgehead atoms. The van der Waals surface area contributed by atoms with E-state index in [1.807, 2.05) is 24.3 Å². The third-order valence-electron chi connectivity index (χ3n) is 3.29. The minimum atomic E-state index is -0.396. The minimum Gasteiger partial charge on any atom is -0.484 e. The van der Waals surface area contributed by atoms with Gasteiger partial charge in [-0.2, -0.15) is 0 Å². The third-order valence-corrected chi connectivity index (χ3v) is 3.29. The molecule has 2 N–H and O–H groups in total. The zero-order chi connectivity index (χ0) is 16.1. The van der Waals surface area contributed by atoms with E-state index in [0.29, 0.717) is 18.7 Å². The van der Waals surface area contributed by atoms with E-state index in [1.54, 1.807) is 6.07 Å². The summed E-state index contributed by atoms with van der Waals surface area (Å²) in [4.78, 5) is 19.3. The van der Waals surface area contributed by atoms with Crippen LogP contribution in [0.4, 0.5) is 4.39 Å². The molecule has 0 aliphatic carbocycles. The van der Waals surface area contributed by atoms with E-state index in [4.69, 9.17) is 4.74 Å². The van der Waals surface area contributed by atoms with Crippen molar-refractivity contribution in [1.29, 1.82) is 0 Å². The number of aromatic amines is 1. The number of H-pyrrole nitrogens is 1. The van der Waals surface area contributed by atoms with Crippen LogP contribution in [0.25, 0.3) is 11.0 Å². The van der Waals surface area contributed by atoms with Crippen LogP contribution in [0, 0.1) is 5.82 Å². The van der Waals surface area contributed by atoms with Gasteiger partial charge in [-0.05, 0) is 24.3 Å². The Hall–Kier alpha value is -2.89. The summed E-state index contributed by atoms with van der Waals surface area (Å²) in [6.07, 6.45) is 0.598. The Labute approximate surface area is 132 Å². The van der Waals surface area contributed by atoms with E-state index in [0.717, 1.165) is 16.9 Å². The quantitative estimate of drug-likeness (QED) is 0.734. The lowest BCUT2D eigenvalue weighted by atomic mass is 10.3. The van der Waals surface area contributed by atoms with E-state index in [1.165, 1.54) is 18.2 Å². The summed E-state index contributed by atoms with van der Waals surface area (Å²) in [5.74, 6) is 0.494. The monoisotopic (exact) mass is 313 g/mol. The Kier molecular flexibility index (Phi) is 4.52. The molecule has 6 heteroatoms. The Morgan fingerprint density at radius 1 is 1.22 bits per heavy atom. The van der Waals surface area contributed by atoms with E-state index in [2.05, 4.69) is 15.3 Å². The Bertz CT molecular complexity index is 783. The van der Waals surface area contributed by atoms with Crippen LogP contribution in [-0.4, -0.2) is 29.0 Å². The van der Waals surface area contributed by atoms with Crippen LogP contribution >= 0.6 is 0 Å². The molecule has 0 fully saturated rings. The number of carbonyl (C=O) groups is 1. The van der Waals surface area contributed by atoms with Crippen molar-refractivity contribution in [1.82, 2.24) is 15.3 Å². The van der Waals surface area contributed by atoms with Gasteiger partial charge >= 0.3 is 0 Å². The van der Waals surface area contributed by atoms with Crippen molar-refractivity contribution in [3.63, 3.8) is 0 Å². The number of halogens is 1. The zero-order valence-electron chi connectivity index (χ0n) is 12.4. The molecular weight excluding hydrogens is 297 g/mol. The molecule has 0 spiro atoms. The van der Waals surface area contributed by atoms with Crippen LogP contribution in [0.2, 0.25) is 0 Å². The zero-order valence-corrected chi connectivity index (χ0v) is 12.4. The van der Waals surface area contributed by atoms with Crippen molar-refractivity contribution in [2.75, 3.05) is 13.2 Å². The van der Waals surface area contributed by atoms with E-state index in [-0.39, 0.29) is 12.5 Å². The van der Waals surface area contributed by atoms with Crippen molar-refractivity contribution in [2.24, 2.45) is 0 Å². The smallest absolute Gasteiger partial charge is 0.257 e. The molecule has 0 unspecified atom stereocenters. The number of aromatic nitrogens is 2. The van der Waals surface area contributed by atoms with Crippen molar-refractivity contribution in [3.05, 3.63) is 60.2 Å². The summed E-state index contributed by atoms with van der Waals surface area (Å²) in [5, 5.41) is 2.74. The Morgan fingerprint density at radius 3 is 2.91 bits per heavy atom. The van der Waals surface area contributed by atoms with Gasteiger partial charge in [-0.25, -0.2) is 9.37 Å². The van der Waals surface area contributed by atoms with Crippen LogP contribution in [0.5, 0.6) is 5.75 Å². The normalized spacial score (nSPS) is 10.7. The number of hydrogen-bond donors (Lipinski definition) is 2. The average molecular weight is 313 g/mol. The fourth-order valence-corrected chi connectivity index (χ4v) is 2.20. The maximum atomic E-state index is 13.0. The van der Waals surface area contributed by atoms with Crippen LogP contribution in [0.3, 0.4) is 0 Å². The average Bonchev–Trinajstić information content (AvgIpc) is 2.96. The number of hydrogen-bond acceptors (Lipinski definition) is 3. The molecule has 1 amide bonds. The first-order valence-corrected chi connectivity index (χ1v) is 7.29. The summed E-state index contributed by atoms with van der Waals surface area (Å²) in [5.41, 5.74) is 1.88. The maximum Gasteiger partial charge on any atom is 0.257 e. The molecule has 23 heavy (non-hydrogen) atoms. The number of benzene rings is 2. The number of nitrogens with zero attached hydrogens (tertiary/aromatic N) is 1. The number of para-hydroxylation sites is 2. The molecule has 0 aliphatic heterocycles. The summed E-state index contributed by atoms with van der Waals surface area (Å²) in [7, 11) is 0. The minimum absolute atomic E-state index is 0.149. The number of amides is 1. The van der Waals surface area contributed by atoms with Crippen LogP contribution in [-0.2, 0) is 11.2 Å². The number of carbonyl (C=O) groups excluding carboxylic acids is 1. The molecule has 0 atom stereocenters. The maximum absolute atomic E-state index is 13.0. The molecule has 3 rings (SSSR count). The molecule has 2 aromatic carbocycles. The van der Waals surface area contributed by atoms with Gasteiger partial charge in [0.2, 0.25) is 0 Å². The molecule has 5 nitrogen and oxygen atoms in total. The first-order valence-electron chi connectivity index (χ1n) is 7.29. The van der Waals surface area contributed by atoms with Crippen molar-refractivity contribution < 1.29 is 13.9 Å². The highest BCUT2D eigenvalue weighted by Gasteiger charge is 2.05. The molecule has 3 aromatic rings. The Balaban J connectivity index is 1.44. The lowest BCUT2D eigenvalue weighted by Gasteiger charge is -2.06. The second kappa shape index (κ2) is 6.91. The van der Waals surface area contributed by atoms with Crippen molar-refractivity contribution in [2.45, 2.75) is 6.42 Å². The van der Waals surface area contributed by atoms with Crippen molar-refractivity contribution in [3.8, 4) is 5.75 Å². The summed E-state index contributed by atoms with van der Waals surface area (Å²) in [6.45, 7) is 0.300. The standard InChI is InChI=1S/C17H16FN3O2/c18-12-4-3-5-13(10-12)23-11-17(22)19-9-8-16-20-14-6-1-2-7-15(14)21-16/h1-7,10H,8-9,11H2,(H,19,22)(H,20,21). The fraction of sp³-hybridized carbons (Fsp3) is 0.176. The topological polar surface area (TPSA) is 67.0 Å². The van der Waals surface area contributed by atoms with Gasteiger partial charge < -0.3 is 15.0 Å². The summed E-state index contributed by atoms with van der Waals surface area (Å²) in [6, 6.07) is 13.4. The fourth-order valence-electron chi connectivity index (χ4n) is 2.20. The lowest BCUT2D eigenvalue weighted by Crippen LogP contribution is -2.30. The highest BCUT2D eigenvalue weighted by atomic mass is 19.1. The Morgan fingerprint density at radius 2 is 2.09 bits per heavy atom. The third kappa shape index (κ3) is 4.06. The van der Waals surface area contributed by atoms with Gasteiger partial charge in [-0.3, -0.25) is 4.79 Å². The molecule has 0 aliphatic rings. The molecule has 118 valence electrons. The van der Waals surface area contributed by atoms with E-state index in [9.17, 15) is 9.18 Å². The van der Waals surface area contributed by atoms with Crippen molar-refractivity contribution >= 4 is 16.9 Å². The number of fused-ring (bicyclic) bond motifs is 1. The molecular formula is C17H16FN3O2. The van der Waals surface area contributed by atoms with E-state index >= 15 is 0 Å².